The minimum absolute atomic E-state index is 0.0388. The van der Waals surface area contributed by atoms with E-state index in [1.165, 1.54) is 0 Å². The first-order chi connectivity index (χ1) is 9.60. The standard InChI is InChI=1S/C16H19NO3/c1-11-3-5-13(6-4-11)16(18)19-10-14-9-12(2)15(20-14)7-8-17/h3-6,12,14-15H,7,9-10H2,1-2H3/t12?,14-,15-/m0/s1. The van der Waals surface area contributed by atoms with Crippen molar-refractivity contribution in [2.75, 3.05) is 6.61 Å². The SMILES string of the molecule is Cc1ccc(C(=O)OC[C@@H]2CC(C)[C@H](CC#N)O2)cc1. The normalized spacial score (nSPS) is 25.1. The van der Waals surface area contributed by atoms with Gasteiger partial charge < -0.3 is 9.47 Å². The quantitative estimate of drug-likeness (QED) is 0.791. The average Bonchev–Trinajstić information content (AvgIpc) is 2.78. The number of benzene rings is 1. The molecule has 0 amide bonds. The van der Waals surface area contributed by atoms with Crippen LogP contribution in [0.2, 0.25) is 0 Å². The van der Waals surface area contributed by atoms with Crippen molar-refractivity contribution in [3.63, 3.8) is 0 Å². The zero-order valence-electron chi connectivity index (χ0n) is 11.8. The summed E-state index contributed by atoms with van der Waals surface area (Å²) in [6.07, 6.45) is 1.08. The minimum Gasteiger partial charge on any atom is -0.459 e. The number of carbonyl (C=O) groups excluding carboxylic acids is 1. The number of nitriles is 1. The maximum atomic E-state index is 11.9. The summed E-state index contributed by atoms with van der Waals surface area (Å²) in [5.74, 6) is 0.00251. The maximum absolute atomic E-state index is 11.9. The molecule has 1 aliphatic rings. The molecule has 0 radical (unpaired) electrons. The highest BCUT2D eigenvalue weighted by molar-refractivity contribution is 5.89. The highest BCUT2D eigenvalue weighted by Crippen LogP contribution is 2.28. The summed E-state index contributed by atoms with van der Waals surface area (Å²) in [7, 11) is 0. The van der Waals surface area contributed by atoms with Crippen LogP contribution >= 0.6 is 0 Å². The number of ether oxygens (including phenoxy) is 2. The van der Waals surface area contributed by atoms with E-state index in [-0.39, 0.29) is 24.8 Å². The molecule has 1 aromatic rings. The molecule has 3 atom stereocenters. The number of carbonyl (C=O) groups is 1. The van der Waals surface area contributed by atoms with E-state index < -0.39 is 0 Å². The Morgan fingerprint density at radius 2 is 2.15 bits per heavy atom. The second-order valence-electron chi connectivity index (χ2n) is 5.34. The fourth-order valence-electron chi connectivity index (χ4n) is 2.39. The van der Waals surface area contributed by atoms with Crippen molar-refractivity contribution in [2.45, 2.75) is 38.9 Å². The first-order valence-electron chi connectivity index (χ1n) is 6.86. The Hall–Kier alpha value is -1.86. The van der Waals surface area contributed by atoms with E-state index in [2.05, 4.69) is 13.0 Å². The molecule has 0 saturated carbocycles. The van der Waals surface area contributed by atoms with Crippen molar-refractivity contribution >= 4 is 5.97 Å². The van der Waals surface area contributed by atoms with Crippen molar-refractivity contribution in [3.8, 4) is 6.07 Å². The van der Waals surface area contributed by atoms with E-state index in [1.807, 2.05) is 19.1 Å². The summed E-state index contributed by atoms with van der Waals surface area (Å²) in [5, 5.41) is 8.70. The fraction of sp³-hybridized carbons (Fsp3) is 0.500. The number of hydrogen-bond acceptors (Lipinski definition) is 4. The highest BCUT2D eigenvalue weighted by atomic mass is 16.6. The largest absolute Gasteiger partial charge is 0.459 e. The van der Waals surface area contributed by atoms with Crippen LogP contribution in [0.5, 0.6) is 0 Å². The molecule has 0 aromatic heterocycles. The monoisotopic (exact) mass is 273 g/mol. The molecule has 1 unspecified atom stereocenters. The van der Waals surface area contributed by atoms with Crippen LogP contribution in [0, 0.1) is 24.2 Å². The van der Waals surface area contributed by atoms with Crippen LogP contribution in [0.4, 0.5) is 0 Å². The van der Waals surface area contributed by atoms with Crippen LogP contribution < -0.4 is 0 Å². The van der Waals surface area contributed by atoms with Crippen molar-refractivity contribution in [1.82, 2.24) is 0 Å². The molecule has 1 fully saturated rings. The van der Waals surface area contributed by atoms with E-state index in [0.717, 1.165) is 12.0 Å². The lowest BCUT2D eigenvalue weighted by molar-refractivity contribution is -0.00910. The van der Waals surface area contributed by atoms with Gasteiger partial charge in [-0.1, -0.05) is 24.6 Å². The van der Waals surface area contributed by atoms with Gasteiger partial charge in [0.2, 0.25) is 0 Å². The molecule has 2 rings (SSSR count). The molecule has 106 valence electrons. The number of esters is 1. The second-order valence-corrected chi connectivity index (χ2v) is 5.34. The topological polar surface area (TPSA) is 59.3 Å². The third-order valence-electron chi connectivity index (χ3n) is 3.62. The van der Waals surface area contributed by atoms with E-state index in [1.54, 1.807) is 12.1 Å². The average molecular weight is 273 g/mol. The molecule has 0 aliphatic carbocycles. The smallest absolute Gasteiger partial charge is 0.338 e. The summed E-state index contributed by atoms with van der Waals surface area (Å²) in [5.41, 5.74) is 1.66. The summed E-state index contributed by atoms with van der Waals surface area (Å²) in [4.78, 5) is 11.9. The van der Waals surface area contributed by atoms with Gasteiger partial charge >= 0.3 is 5.97 Å². The zero-order chi connectivity index (χ0) is 14.5. The molecule has 0 bridgehead atoms. The minimum atomic E-state index is -0.329. The molecule has 20 heavy (non-hydrogen) atoms. The summed E-state index contributed by atoms with van der Waals surface area (Å²) in [6.45, 7) is 4.28. The molecule has 0 N–H and O–H groups in total. The summed E-state index contributed by atoms with van der Waals surface area (Å²) in [6, 6.07) is 9.41. The molecular weight excluding hydrogens is 254 g/mol. The van der Waals surface area contributed by atoms with Gasteiger partial charge in [-0.3, -0.25) is 0 Å². The van der Waals surface area contributed by atoms with Gasteiger partial charge in [0, 0.05) is 0 Å². The molecule has 1 aliphatic heterocycles. The predicted molar refractivity (Wildman–Crippen MR) is 74.1 cm³/mol. The molecule has 0 spiro atoms. The van der Waals surface area contributed by atoms with Gasteiger partial charge in [0.15, 0.2) is 0 Å². The van der Waals surface area contributed by atoms with Gasteiger partial charge in [0.05, 0.1) is 30.3 Å². The van der Waals surface area contributed by atoms with Gasteiger partial charge in [-0.05, 0) is 31.4 Å². The number of hydrogen-bond donors (Lipinski definition) is 0. The molecule has 1 saturated heterocycles. The Labute approximate surface area is 119 Å². The summed E-state index contributed by atoms with van der Waals surface area (Å²) < 4.78 is 11.0. The van der Waals surface area contributed by atoms with Crippen molar-refractivity contribution < 1.29 is 14.3 Å². The molecule has 4 nitrogen and oxygen atoms in total. The Kier molecular flexibility index (Phi) is 4.75. The third-order valence-corrected chi connectivity index (χ3v) is 3.62. The lowest BCUT2D eigenvalue weighted by Crippen LogP contribution is -2.19. The van der Waals surface area contributed by atoms with Gasteiger partial charge in [-0.2, -0.15) is 5.26 Å². The van der Waals surface area contributed by atoms with Crippen LogP contribution in [0.3, 0.4) is 0 Å². The predicted octanol–water partition coefficient (Wildman–Crippen LogP) is 2.86. The zero-order valence-corrected chi connectivity index (χ0v) is 11.8. The second kappa shape index (κ2) is 6.53. The molecule has 4 heteroatoms. The van der Waals surface area contributed by atoms with Crippen LogP contribution in [-0.4, -0.2) is 24.8 Å². The Morgan fingerprint density at radius 1 is 1.45 bits per heavy atom. The van der Waals surface area contributed by atoms with E-state index in [9.17, 15) is 4.79 Å². The molecular formula is C16H19NO3. The molecule has 1 heterocycles. The van der Waals surface area contributed by atoms with Gasteiger partial charge in [-0.15, -0.1) is 0 Å². The first kappa shape index (κ1) is 14.5. The summed E-state index contributed by atoms with van der Waals surface area (Å²) >= 11 is 0. The Morgan fingerprint density at radius 3 is 2.80 bits per heavy atom. The fourth-order valence-corrected chi connectivity index (χ4v) is 2.39. The van der Waals surface area contributed by atoms with E-state index >= 15 is 0 Å². The lowest BCUT2D eigenvalue weighted by atomic mass is 10.0. The van der Waals surface area contributed by atoms with Crippen LogP contribution in [-0.2, 0) is 9.47 Å². The van der Waals surface area contributed by atoms with Crippen LogP contribution in [0.15, 0.2) is 24.3 Å². The van der Waals surface area contributed by atoms with Gasteiger partial charge in [-0.25, -0.2) is 4.79 Å². The number of rotatable bonds is 4. The van der Waals surface area contributed by atoms with Crippen molar-refractivity contribution in [1.29, 1.82) is 5.26 Å². The van der Waals surface area contributed by atoms with Crippen molar-refractivity contribution in [3.05, 3.63) is 35.4 Å². The Balaban J connectivity index is 1.83. The van der Waals surface area contributed by atoms with E-state index in [0.29, 0.717) is 17.9 Å². The number of aryl methyl sites for hydroxylation is 1. The van der Waals surface area contributed by atoms with E-state index in [4.69, 9.17) is 14.7 Å². The molecule has 1 aromatic carbocycles. The third kappa shape index (κ3) is 3.58. The maximum Gasteiger partial charge on any atom is 0.338 e. The van der Waals surface area contributed by atoms with Crippen LogP contribution in [0.1, 0.15) is 35.7 Å². The number of nitrogens with zero attached hydrogens (tertiary/aromatic N) is 1. The van der Waals surface area contributed by atoms with Gasteiger partial charge in [0.1, 0.15) is 6.61 Å². The van der Waals surface area contributed by atoms with Crippen molar-refractivity contribution in [2.24, 2.45) is 5.92 Å². The first-order valence-corrected chi connectivity index (χ1v) is 6.86. The Bertz CT molecular complexity index is 503. The highest BCUT2D eigenvalue weighted by Gasteiger charge is 2.32. The van der Waals surface area contributed by atoms with Gasteiger partial charge in [0.25, 0.3) is 0 Å². The lowest BCUT2D eigenvalue weighted by Gasteiger charge is -2.12. The van der Waals surface area contributed by atoms with Crippen LogP contribution in [0.25, 0.3) is 0 Å².